The third-order valence-corrected chi connectivity index (χ3v) is 9.99. The SMILES string of the molecule is CCC(=O)NC1CCC(n2c(=O)c(-c3cccc(F)c3Cl)c(C)c3cnc(Nc4ccc(N5CCCCN(C)C5)c(C)c4)nc32)CC1. The lowest BCUT2D eigenvalue weighted by atomic mass is 9.90. The zero-order chi connectivity index (χ0) is 33.2. The number of halogens is 2. The van der Waals surface area contributed by atoms with Crippen LogP contribution in [-0.4, -0.2) is 58.2 Å². The number of benzene rings is 2. The van der Waals surface area contributed by atoms with Gasteiger partial charge in [0.15, 0.2) is 0 Å². The number of hydrogen-bond donors (Lipinski definition) is 2. The first kappa shape index (κ1) is 32.9. The molecule has 2 fully saturated rings. The van der Waals surface area contributed by atoms with Gasteiger partial charge in [-0.1, -0.05) is 30.7 Å². The van der Waals surface area contributed by atoms with Gasteiger partial charge >= 0.3 is 0 Å². The molecule has 1 aliphatic heterocycles. The van der Waals surface area contributed by atoms with Gasteiger partial charge < -0.3 is 15.5 Å². The Kier molecular flexibility index (Phi) is 9.80. The Hall–Kier alpha value is -4.02. The summed E-state index contributed by atoms with van der Waals surface area (Å²) in [5.74, 6) is -0.172. The minimum atomic E-state index is -0.582. The summed E-state index contributed by atoms with van der Waals surface area (Å²) in [5.41, 5.74) is 4.81. The molecular weight excluding hydrogens is 617 g/mol. The molecule has 6 rings (SSSR count). The maximum absolute atomic E-state index is 14.6. The van der Waals surface area contributed by atoms with E-state index >= 15 is 0 Å². The highest BCUT2D eigenvalue weighted by molar-refractivity contribution is 6.33. The van der Waals surface area contributed by atoms with E-state index in [4.69, 9.17) is 16.6 Å². The van der Waals surface area contributed by atoms with Crippen molar-refractivity contribution in [2.45, 2.75) is 77.8 Å². The number of amides is 1. The number of anilines is 3. The third kappa shape index (κ3) is 6.85. The van der Waals surface area contributed by atoms with Gasteiger partial charge in [-0.05, 0) is 101 Å². The molecule has 0 radical (unpaired) electrons. The molecule has 3 heterocycles. The predicted molar refractivity (Wildman–Crippen MR) is 187 cm³/mol. The summed E-state index contributed by atoms with van der Waals surface area (Å²) in [5, 5.41) is 7.08. The van der Waals surface area contributed by atoms with Gasteiger partial charge in [0.05, 0.1) is 17.3 Å². The topological polar surface area (TPSA) is 95.4 Å². The Labute approximate surface area is 280 Å². The standard InChI is InChI=1S/C36H43ClFN7O2/c1-5-31(46)40-24-11-14-26(15-12-24)45-34-28(23(3)32(35(45)47)27-9-8-10-29(38)33(27)37)20-39-36(42-34)41-25-13-16-30(22(2)19-25)44-18-7-6-17-43(4)21-44/h8-10,13,16,19-20,24,26H,5-7,11-12,14-15,17-18,21H2,1-4H3,(H,40,46)(H,39,41,42). The maximum atomic E-state index is 14.6. The summed E-state index contributed by atoms with van der Waals surface area (Å²) in [4.78, 5) is 40.9. The lowest BCUT2D eigenvalue weighted by Crippen LogP contribution is -2.39. The molecule has 0 bridgehead atoms. The minimum Gasteiger partial charge on any atom is -0.358 e. The summed E-state index contributed by atoms with van der Waals surface area (Å²) in [6.07, 6.45) is 7.37. The van der Waals surface area contributed by atoms with Crippen LogP contribution in [0.15, 0.2) is 47.4 Å². The Morgan fingerprint density at radius 3 is 2.60 bits per heavy atom. The number of hydrogen-bond acceptors (Lipinski definition) is 7. The summed E-state index contributed by atoms with van der Waals surface area (Å²) < 4.78 is 16.4. The van der Waals surface area contributed by atoms with E-state index in [-0.39, 0.29) is 28.6 Å². The average Bonchev–Trinajstić information content (AvgIpc) is 3.27. The van der Waals surface area contributed by atoms with E-state index in [2.05, 4.69) is 51.5 Å². The molecule has 2 N–H and O–H groups in total. The first-order valence-electron chi connectivity index (χ1n) is 16.6. The van der Waals surface area contributed by atoms with Crippen LogP contribution in [0, 0.1) is 19.7 Å². The van der Waals surface area contributed by atoms with Crippen LogP contribution >= 0.6 is 11.6 Å². The van der Waals surface area contributed by atoms with Gasteiger partial charge in [0.1, 0.15) is 11.5 Å². The second-order valence-electron chi connectivity index (χ2n) is 13.0. The van der Waals surface area contributed by atoms with E-state index in [0.29, 0.717) is 52.9 Å². The van der Waals surface area contributed by atoms with Crippen molar-refractivity contribution in [2.24, 2.45) is 0 Å². The van der Waals surface area contributed by atoms with Gasteiger partial charge in [-0.2, -0.15) is 4.98 Å². The van der Waals surface area contributed by atoms with Gasteiger partial charge in [-0.25, -0.2) is 9.37 Å². The number of nitrogens with zero attached hydrogens (tertiary/aromatic N) is 5. The predicted octanol–water partition coefficient (Wildman–Crippen LogP) is 7.11. The van der Waals surface area contributed by atoms with Crippen molar-refractivity contribution in [3.8, 4) is 11.1 Å². The molecule has 2 aromatic carbocycles. The van der Waals surface area contributed by atoms with Gasteiger partial charge in [0.25, 0.3) is 5.56 Å². The number of pyridine rings is 1. The van der Waals surface area contributed by atoms with Gasteiger partial charge in [0, 0.05) is 53.6 Å². The molecule has 2 aliphatic rings. The molecule has 0 spiro atoms. The van der Waals surface area contributed by atoms with E-state index in [0.717, 1.165) is 50.3 Å². The first-order valence-corrected chi connectivity index (χ1v) is 17.0. The number of fused-ring (bicyclic) bond motifs is 1. The van der Waals surface area contributed by atoms with Crippen molar-refractivity contribution in [1.29, 1.82) is 0 Å². The molecule has 1 aliphatic carbocycles. The number of nitrogens with one attached hydrogen (secondary N) is 2. The molecule has 248 valence electrons. The molecule has 4 aromatic rings. The molecule has 1 saturated heterocycles. The third-order valence-electron chi connectivity index (χ3n) is 9.60. The highest BCUT2D eigenvalue weighted by atomic mass is 35.5. The van der Waals surface area contributed by atoms with E-state index in [1.807, 2.05) is 19.9 Å². The highest BCUT2D eigenvalue weighted by Gasteiger charge is 2.29. The fraction of sp³-hybridized carbons (Fsp3) is 0.444. The van der Waals surface area contributed by atoms with Crippen LogP contribution in [0.4, 0.5) is 21.7 Å². The minimum absolute atomic E-state index is 0.0277. The monoisotopic (exact) mass is 659 g/mol. The van der Waals surface area contributed by atoms with E-state index in [1.165, 1.54) is 18.2 Å². The van der Waals surface area contributed by atoms with Crippen LogP contribution in [0.1, 0.15) is 69.0 Å². The van der Waals surface area contributed by atoms with Gasteiger partial charge in [0.2, 0.25) is 11.9 Å². The fourth-order valence-electron chi connectivity index (χ4n) is 7.08. The van der Waals surface area contributed by atoms with Crippen LogP contribution in [0.3, 0.4) is 0 Å². The second kappa shape index (κ2) is 14.0. The second-order valence-corrected chi connectivity index (χ2v) is 13.3. The van der Waals surface area contributed by atoms with Crippen molar-refractivity contribution >= 4 is 45.9 Å². The smallest absolute Gasteiger partial charge is 0.260 e. The first-order chi connectivity index (χ1) is 22.6. The highest BCUT2D eigenvalue weighted by Crippen LogP contribution is 2.36. The Bertz CT molecular complexity index is 1850. The van der Waals surface area contributed by atoms with E-state index < -0.39 is 5.82 Å². The number of aryl methyl sites for hydroxylation is 2. The summed E-state index contributed by atoms with van der Waals surface area (Å²) in [6, 6.07) is 10.7. The van der Waals surface area contributed by atoms with Crippen LogP contribution in [0.25, 0.3) is 22.2 Å². The molecule has 9 nitrogen and oxygen atoms in total. The Morgan fingerprint density at radius 1 is 1.09 bits per heavy atom. The van der Waals surface area contributed by atoms with E-state index in [9.17, 15) is 14.0 Å². The molecule has 2 aromatic heterocycles. The lowest BCUT2D eigenvalue weighted by molar-refractivity contribution is -0.121. The van der Waals surface area contributed by atoms with Crippen LogP contribution in [0.2, 0.25) is 5.02 Å². The summed E-state index contributed by atoms with van der Waals surface area (Å²) in [6.45, 7) is 8.82. The van der Waals surface area contributed by atoms with Gasteiger partial charge in [-0.3, -0.25) is 19.1 Å². The zero-order valence-corrected chi connectivity index (χ0v) is 28.3. The number of aromatic nitrogens is 3. The average molecular weight is 660 g/mol. The summed E-state index contributed by atoms with van der Waals surface area (Å²) in [7, 11) is 2.16. The lowest BCUT2D eigenvalue weighted by Gasteiger charge is -2.31. The normalized spacial score (nSPS) is 19.1. The van der Waals surface area contributed by atoms with Gasteiger partial charge in [-0.15, -0.1) is 0 Å². The van der Waals surface area contributed by atoms with Crippen molar-refractivity contribution in [2.75, 3.05) is 37.0 Å². The molecular formula is C36H43ClFN7O2. The van der Waals surface area contributed by atoms with Crippen molar-refractivity contribution < 1.29 is 9.18 Å². The molecule has 0 atom stereocenters. The largest absolute Gasteiger partial charge is 0.358 e. The number of carbonyl (C=O) groups excluding carboxylic acids is 1. The number of rotatable bonds is 7. The van der Waals surface area contributed by atoms with Crippen LogP contribution < -0.4 is 21.1 Å². The molecule has 1 saturated carbocycles. The molecule has 47 heavy (non-hydrogen) atoms. The van der Waals surface area contributed by atoms with Crippen LogP contribution in [-0.2, 0) is 4.79 Å². The maximum Gasteiger partial charge on any atom is 0.260 e. The number of carbonyl (C=O) groups is 1. The van der Waals surface area contributed by atoms with Crippen molar-refractivity contribution in [3.05, 3.63) is 74.9 Å². The zero-order valence-electron chi connectivity index (χ0n) is 27.6. The fourth-order valence-corrected chi connectivity index (χ4v) is 7.31. The molecule has 1 amide bonds. The van der Waals surface area contributed by atoms with Crippen LogP contribution in [0.5, 0.6) is 0 Å². The van der Waals surface area contributed by atoms with Crippen molar-refractivity contribution in [1.82, 2.24) is 24.8 Å². The van der Waals surface area contributed by atoms with Crippen molar-refractivity contribution in [3.63, 3.8) is 0 Å². The Morgan fingerprint density at radius 2 is 1.85 bits per heavy atom. The Balaban J connectivity index is 1.38. The molecule has 0 unspecified atom stereocenters. The van der Waals surface area contributed by atoms with E-state index in [1.54, 1.807) is 22.9 Å². The quantitative estimate of drug-likeness (QED) is 0.218. The molecule has 11 heteroatoms. The summed E-state index contributed by atoms with van der Waals surface area (Å²) >= 11 is 6.44.